The van der Waals surface area contributed by atoms with Crippen LogP contribution >= 0.6 is 15.9 Å². The summed E-state index contributed by atoms with van der Waals surface area (Å²) < 4.78 is 83.5. The molecule has 0 aliphatic heterocycles. The van der Waals surface area contributed by atoms with Gasteiger partial charge in [0.25, 0.3) is 0 Å². The Labute approximate surface area is 128 Å². The van der Waals surface area contributed by atoms with Crippen LogP contribution in [0.25, 0.3) is 0 Å². The van der Waals surface area contributed by atoms with Crippen molar-refractivity contribution >= 4 is 21.9 Å². The molecule has 0 spiro atoms. The number of rotatable bonds is 4. The summed E-state index contributed by atoms with van der Waals surface area (Å²) in [7, 11) is 0.946. The minimum Gasteiger partial charge on any atom is -0.469 e. The summed E-state index contributed by atoms with van der Waals surface area (Å²) in [5, 5.41) is -0.175. The molecule has 0 fully saturated rings. The summed E-state index contributed by atoms with van der Waals surface area (Å²) in [5.41, 5.74) is -2.57. The lowest BCUT2D eigenvalue weighted by molar-refractivity contribution is -0.276. The van der Waals surface area contributed by atoms with Crippen molar-refractivity contribution < 1.29 is 40.6 Å². The number of methoxy groups -OCH3 is 1. The number of nitrogens with zero attached hydrogens (tertiary/aromatic N) is 1. The molecule has 0 unspecified atom stereocenters. The van der Waals surface area contributed by atoms with Crippen LogP contribution in [-0.2, 0) is 27.5 Å². The zero-order valence-corrected chi connectivity index (χ0v) is 12.4. The van der Waals surface area contributed by atoms with Crippen molar-refractivity contribution in [3.63, 3.8) is 0 Å². The van der Waals surface area contributed by atoms with Crippen molar-refractivity contribution in [2.24, 2.45) is 0 Å². The largest absolute Gasteiger partial charge is 0.573 e. The molecule has 0 atom stereocenters. The number of halogens is 7. The Morgan fingerprint density at radius 1 is 1.27 bits per heavy atom. The zero-order chi connectivity index (χ0) is 17.1. The molecule has 1 rings (SSSR count). The van der Waals surface area contributed by atoms with Gasteiger partial charge in [0, 0.05) is 17.1 Å². The van der Waals surface area contributed by atoms with E-state index in [4.69, 9.17) is 0 Å². The number of carbonyl (C=O) groups excluding carboxylic acids is 1. The standard InChI is InChI=1S/C11H8BrF6NO3/c1-21-8(20)2-5-7(3-12)19-4-6(10(13,14)15)9(5)22-11(16,17)18/h4H,2-3H2,1H3. The van der Waals surface area contributed by atoms with Crippen LogP contribution in [0.15, 0.2) is 6.20 Å². The Bertz CT molecular complexity index is 558. The highest BCUT2D eigenvalue weighted by Crippen LogP contribution is 2.41. The van der Waals surface area contributed by atoms with Gasteiger partial charge in [-0.2, -0.15) is 13.2 Å². The highest BCUT2D eigenvalue weighted by atomic mass is 79.9. The minimum atomic E-state index is -5.37. The minimum absolute atomic E-state index is 0.175. The Hall–Kier alpha value is -1.52. The molecule has 0 bridgehead atoms. The molecule has 1 aromatic rings. The molecule has 0 saturated heterocycles. The Morgan fingerprint density at radius 2 is 1.86 bits per heavy atom. The summed E-state index contributed by atoms with van der Waals surface area (Å²) in [6.07, 6.45) is -11.1. The third-order valence-corrected chi connectivity index (χ3v) is 2.95. The second-order valence-corrected chi connectivity index (χ2v) is 4.42. The van der Waals surface area contributed by atoms with Crippen LogP contribution in [-0.4, -0.2) is 24.4 Å². The van der Waals surface area contributed by atoms with E-state index in [9.17, 15) is 31.1 Å². The highest BCUT2D eigenvalue weighted by molar-refractivity contribution is 9.08. The molecule has 4 nitrogen and oxygen atoms in total. The van der Waals surface area contributed by atoms with Crippen molar-refractivity contribution in [1.29, 1.82) is 0 Å². The van der Waals surface area contributed by atoms with Gasteiger partial charge in [-0.15, -0.1) is 13.2 Å². The summed E-state index contributed by atoms with van der Waals surface area (Å²) in [6.45, 7) is 0. The first kappa shape index (κ1) is 18.5. The van der Waals surface area contributed by atoms with Gasteiger partial charge in [-0.1, -0.05) is 15.9 Å². The van der Waals surface area contributed by atoms with Gasteiger partial charge in [-0.05, 0) is 0 Å². The molecule has 0 aromatic carbocycles. The van der Waals surface area contributed by atoms with E-state index in [2.05, 4.69) is 30.4 Å². The monoisotopic (exact) mass is 395 g/mol. The average molecular weight is 396 g/mol. The van der Waals surface area contributed by atoms with Crippen LogP contribution in [0.4, 0.5) is 26.3 Å². The summed E-state index contributed by atoms with van der Waals surface area (Å²) in [4.78, 5) is 14.7. The molecular weight excluding hydrogens is 388 g/mol. The number of carbonyl (C=O) groups is 1. The first-order chi connectivity index (χ1) is 9.99. The topological polar surface area (TPSA) is 48.4 Å². The zero-order valence-electron chi connectivity index (χ0n) is 10.8. The fraction of sp³-hybridized carbons (Fsp3) is 0.455. The molecule has 0 N–H and O–H groups in total. The van der Waals surface area contributed by atoms with Gasteiger partial charge in [-0.3, -0.25) is 9.78 Å². The molecule has 0 aliphatic carbocycles. The van der Waals surface area contributed by atoms with Crippen LogP contribution in [0, 0.1) is 0 Å². The van der Waals surface area contributed by atoms with Crippen molar-refractivity contribution in [1.82, 2.24) is 4.98 Å². The van der Waals surface area contributed by atoms with Crippen LogP contribution in [0.1, 0.15) is 16.8 Å². The fourth-order valence-corrected chi connectivity index (χ4v) is 2.00. The lowest BCUT2D eigenvalue weighted by atomic mass is 10.1. The van der Waals surface area contributed by atoms with Crippen LogP contribution < -0.4 is 4.74 Å². The van der Waals surface area contributed by atoms with Crippen LogP contribution in [0.3, 0.4) is 0 Å². The van der Waals surface area contributed by atoms with Gasteiger partial charge in [0.2, 0.25) is 0 Å². The van der Waals surface area contributed by atoms with Gasteiger partial charge in [-0.25, -0.2) is 0 Å². The number of aromatic nitrogens is 1. The maximum atomic E-state index is 12.8. The second kappa shape index (κ2) is 6.71. The fourth-order valence-electron chi connectivity index (χ4n) is 1.52. The van der Waals surface area contributed by atoms with Gasteiger partial charge < -0.3 is 9.47 Å². The molecular formula is C11H8BrF6NO3. The third-order valence-electron chi connectivity index (χ3n) is 2.42. The van der Waals surface area contributed by atoms with E-state index in [0.29, 0.717) is 0 Å². The third kappa shape index (κ3) is 4.75. The number of hydrogen-bond acceptors (Lipinski definition) is 4. The number of hydrogen-bond donors (Lipinski definition) is 0. The summed E-state index contributed by atoms with van der Waals surface area (Å²) in [6, 6.07) is 0. The second-order valence-electron chi connectivity index (χ2n) is 3.86. The smallest absolute Gasteiger partial charge is 0.469 e. The first-order valence-electron chi connectivity index (χ1n) is 5.46. The molecule has 1 aromatic heterocycles. The first-order valence-corrected chi connectivity index (χ1v) is 6.58. The summed E-state index contributed by atoms with van der Waals surface area (Å²) >= 11 is 2.88. The Balaban J connectivity index is 3.55. The van der Waals surface area contributed by atoms with E-state index in [1.54, 1.807) is 0 Å². The van der Waals surface area contributed by atoms with E-state index >= 15 is 0 Å². The Morgan fingerprint density at radius 3 is 2.27 bits per heavy atom. The predicted octanol–water partition coefficient (Wildman–Crippen LogP) is 3.61. The molecule has 124 valence electrons. The molecule has 0 aliphatic rings. The lowest BCUT2D eigenvalue weighted by Gasteiger charge is -2.19. The summed E-state index contributed by atoms with van der Waals surface area (Å²) in [5.74, 6) is -2.54. The van der Waals surface area contributed by atoms with E-state index < -0.39 is 41.8 Å². The molecule has 0 radical (unpaired) electrons. The SMILES string of the molecule is COC(=O)Cc1c(CBr)ncc(C(F)(F)F)c1OC(F)(F)F. The lowest BCUT2D eigenvalue weighted by Crippen LogP contribution is -2.23. The number of alkyl halides is 7. The maximum Gasteiger partial charge on any atom is 0.573 e. The molecule has 22 heavy (non-hydrogen) atoms. The van der Waals surface area contributed by atoms with Crippen molar-refractivity contribution in [2.75, 3.05) is 7.11 Å². The number of pyridine rings is 1. The van der Waals surface area contributed by atoms with Crippen molar-refractivity contribution in [3.8, 4) is 5.75 Å². The number of ether oxygens (including phenoxy) is 2. The molecule has 0 amide bonds. The average Bonchev–Trinajstić information content (AvgIpc) is 2.37. The van der Waals surface area contributed by atoms with E-state index in [0.717, 1.165) is 7.11 Å². The van der Waals surface area contributed by atoms with E-state index in [1.165, 1.54) is 0 Å². The number of esters is 1. The van der Waals surface area contributed by atoms with Crippen LogP contribution in [0.5, 0.6) is 5.75 Å². The van der Waals surface area contributed by atoms with Crippen molar-refractivity contribution in [3.05, 3.63) is 23.0 Å². The quantitative estimate of drug-likeness (QED) is 0.444. The molecule has 0 saturated carbocycles. The van der Waals surface area contributed by atoms with Gasteiger partial charge in [0.15, 0.2) is 0 Å². The van der Waals surface area contributed by atoms with E-state index in [1.807, 2.05) is 0 Å². The van der Waals surface area contributed by atoms with Gasteiger partial charge in [0.05, 0.1) is 19.2 Å². The van der Waals surface area contributed by atoms with Gasteiger partial charge in [0.1, 0.15) is 11.3 Å². The normalized spacial score (nSPS) is 12.2. The highest BCUT2D eigenvalue weighted by Gasteiger charge is 2.42. The van der Waals surface area contributed by atoms with Crippen LogP contribution in [0.2, 0.25) is 0 Å². The van der Waals surface area contributed by atoms with Crippen molar-refractivity contribution in [2.45, 2.75) is 24.3 Å². The molecule has 1 heterocycles. The molecule has 11 heteroatoms. The van der Waals surface area contributed by atoms with Gasteiger partial charge >= 0.3 is 18.5 Å². The van der Waals surface area contributed by atoms with E-state index in [-0.39, 0.29) is 17.2 Å². The maximum absolute atomic E-state index is 12.8. The predicted molar refractivity (Wildman–Crippen MR) is 64.3 cm³/mol. The Kier molecular flexibility index (Phi) is 5.65.